The zero-order valence-corrected chi connectivity index (χ0v) is 12.2. The quantitative estimate of drug-likeness (QED) is 0.591. The number of hydrogen-bond donors (Lipinski definition) is 1. The Hall–Kier alpha value is -1.65. The second-order valence-electron chi connectivity index (χ2n) is 5.18. The van der Waals surface area contributed by atoms with Gasteiger partial charge in [-0.05, 0) is 24.8 Å². The largest absolute Gasteiger partial charge is 0.462 e. The molecule has 4 heteroatoms. The molecule has 0 bridgehead atoms. The molecule has 1 aromatic rings. The Labute approximate surface area is 125 Å². The van der Waals surface area contributed by atoms with Crippen LogP contribution >= 0.6 is 0 Å². The summed E-state index contributed by atoms with van der Waals surface area (Å²) in [6.45, 7) is 1.45. The molecule has 0 spiro atoms. The van der Waals surface area contributed by atoms with Gasteiger partial charge in [-0.15, -0.1) is 0 Å². The molecule has 21 heavy (non-hydrogen) atoms. The average molecular weight is 290 g/mol. The molecule has 1 aliphatic rings. The highest BCUT2D eigenvalue weighted by molar-refractivity contribution is 5.83. The fourth-order valence-electron chi connectivity index (χ4n) is 2.28. The van der Waals surface area contributed by atoms with Gasteiger partial charge in [0.2, 0.25) is 0 Å². The monoisotopic (exact) mass is 290 g/mol. The van der Waals surface area contributed by atoms with Gasteiger partial charge in [-0.25, -0.2) is 4.79 Å². The summed E-state index contributed by atoms with van der Waals surface area (Å²) in [4.78, 5) is 11.1. The first-order chi connectivity index (χ1) is 10.3. The van der Waals surface area contributed by atoms with Gasteiger partial charge in [-0.3, -0.25) is 0 Å². The number of aliphatic hydroxyl groups is 1. The lowest BCUT2D eigenvalue weighted by Crippen LogP contribution is -2.11. The van der Waals surface area contributed by atoms with Crippen molar-refractivity contribution in [3.8, 4) is 0 Å². The van der Waals surface area contributed by atoms with Gasteiger partial charge in [0.05, 0.1) is 13.2 Å². The van der Waals surface area contributed by atoms with E-state index in [0.29, 0.717) is 19.8 Å². The van der Waals surface area contributed by atoms with E-state index in [2.05, 4.69) is 0 Å². The first-order valence-corrected chi connectivity index (χ1v) is 7.42. The van der Waals surface area contributed by atoms with Crippen LogP contribution in [0.4, 0.5) is 0 Å². The number of carbonyl (C=O) groups excluding carboxylic acids is 1. The van der Waals surface area contributed by atoms with Crippen LogP contribution in [0.1, 0.15) is 37.4 Å². The van der Waals surface area contributed by atoms with Crippen molar-refractivity contribution in [3.63, 3.8) is 0 Å². The third-order valence-corrected chi connectivity index (χ3v) is 3.49. The molecule has 0 aliphatic carbocycles. The van der Waals surface area contributed by atoms with E-state index in [1.54, 1.807) is 6.08 Å². The summed E-state index contributed by atoms with van der Waals surface area (Å²) in [5.74, 6) is -0.224. The lowest BCUT2D eigenvalue weighted by molar-refractivity contribution is -0.138. The first-order valence-electron chi connectivity index (χ1n) is 7.42. The number of ether oxygens (including phenoxy) is 2. The molecule has 2 rings (SSSR count). The van der Waals surface area contributed by atoms with Gasteiger partial charge in [0.1, 0.15) is 6.10 Å². The number of unbranched alkanes of at least 4 members (excludes halogenated alkanes) is 1. The predicted octanol–water partition coefficient (Wildman–Crippen LogP) is 2.78. The fraction of sp³-hybridized carbons (Fsp3) is 0.471. The molecule has 1 N–H and O–H groups in total. The van der Waals surface area contributed by atoms with Gasteiger partial charge in [0.15, 0.2) is 0 Å². The molecule has 1 aliphatic heterocycles. The van der Waals surface area contributed by atoms with Crippen molar-refractivity contribution < 1.29 is 19.4 Å². The Bertz CT molecular complexity index is 467. The molecule has 0 radical (unpaired) electrons. The van der Waals surface area contributed by atoms with E-state index >= 15 is 0 Å². The van der Waals surface area contributed by atoms with Gasteiger partial charge >= 0.3 is 5.97 Å². The summed E-state index contributed by atoms with van der Waals surface area (Å²) >= 11 is 0. The Morgan fingerprint density at radius 3 is 2.81 bits per heavy atom. The van der Waals surface area contributed by atoms with Crippen molar-refractivity contribution >= 4 is 5.97 Å². The standard InChI is InChI=1S/C17H22O4/c18-16(15-7-2-1-3-8-15)13-20-10-5-4-6-14-9-11-21-17(19)12-14/h1-3,7-8,12,16,18H,4-6,9-11,13H2. The Morgan fingerprint density at radius 1 is 1.24 bits per heavy atom. The molecule has 4 nitrogen and oxygen atoms in total. The minimum absolute atomic E-state index is 0.224. The molecular weight excluding hydrogens is 268 g/mol. The summed E-state index contributed by atoms with van der Waals surface area (Å²) in [5.41, 5.74) is 2.04. The number of cyclic esters (lactones) is 1. The van der Waals surface area contributed by atoms with E-state index in [1.807, 2.05) is 30.3 Å². The van der Waals surface area contributed by atoms with Crippen LogP contribution in [-0.2, 0) is 14.3 Å². The van der Waals surface area contributed by atoms with Gasteiger partial charge in [0.25, 0.3) is 0 Å². The molecular formula is C17H22O4. The van der Waals surface area contributed by atoms with Crippen molar-refractivity contribution in [1.82, 2.24) is 0 Å². The van der Waals surface area contributed by atoms with Crippen LogP contribution in [0.5, 0.6) is 0 Å². The number of esters is 1. The summed E-state index contributed by atoms with van der Waals surface area (Å²) in [6, 6.07) is 9.51. The Balaban J connectivity index is 1.55. The van der Waals surface area contributed by atoms with Crippen molar-refractivity contribution in [2.45, 2.75) is 31.8 Å². The summed E-state index contributed by atoms with van der Waals surface area (Å²) in [7, 11) is 0. The lowest BCUT2D eigenvalue weighted by Gasteiger charge is -2.13. The SMILES string of the molecule is O=C1C=C(CCCCOCC(O)c2ccccc2)CCO1. The highest BCUT2D eigenvalue weighted by Crippen LogP contribution is 2.16. The van der Waals surface area contributed by atoms with Crippen LogP contribution in [-0.4, -0.2) is 30.9 Å². The summed E-state index contributed by atoms with van der Waals surface area (Å²) in [5, 5.41) is 9.92. The number of aliphatic hydroxyl groups excluding tert-OH is 1. The van der Waals surface area contributed by atoms with Crippen LogP contribution in [0.3, 0.4) is 0 Å². The van der Waals surface area contributed by atoms with E-state index in [0.717, 1.165) is 36.8 Å². The number of hydrogen-bond acceptors (Lipinski definition) is 4. The molecule has 0 saturated heterocycles. The molecule has 1 heterocycles. The summed E-state index contributed by atoms with van der Waals surface area (Å²) < 4.78 is 10.4. The average Bonchev–Trinajstić information content (AvgIpc) is 2.51. The van der Waals surface area contributed by atoms with Gasteiger partial charge < -0.3 is 14.6 Å². The normalized spacial score (nSPS) is 16.2. The third kappa shape index (κ3) is 5.69. The minimum atomic E-state index is -0.568. The molecule has 114 valence electrons. The van der Waals surface area contributed by atoms with Crippen LogP contribution in [0, 0.1) is 0 Å². The zero-order valence-electron chi connectivity index (χ0n) is 12.2. The molecule has 0 amide bonds. The second-order valence-corrected chi connectivity index (χ2v) is 5.18. The van der Waals surface area contributed by atoms with E-state index < -0.39 is 6.10 Å². The van der Waals surface area contributed by atoms with E-state index in [4.69, 9.17) is 9.47 Å². The van der Waals surface area contributed by atoms with Crippen LogP contribution in [0.15, 0.2) is 42.0 Å². The molecule has 0 aromatic heterocycles. The number of carbonyl (C=O) groups is 1. The topological polar surface area (TPSA) is 55.8 Å². The molecule has 1 unspecified atom stereocenters. The Kier molecular flexibility index (Phi) is 6.44. The second kappa shape index (κ2) is 8.60. The third-order valence-electron chi connectivity index (χ3n) is 3.49. The predicted molar refractivity (Wildman–Crippen MR) is 79.7 cm³/mol. The number of benzene rings is 1. The van der Waals surface area contributed by atoms with Crippen LogP contribution in [0.2, 0.25) is 0 Å². The fourth-order valence-corrected chi connectivity index (χ4v) is 2.28. The first kappa shape index (κ1) is 15.7. The maximum Gasteiger partial charge on any atom is 0.330 e. The van der Waals surface area contributed by atoms with Crippen molar-refractivity contribution in [2.24, 2.45) is 0 Å². The van der Waals surface area contributed by atoms with Gasteiger partial charge in [0, 0.05) is 19.1 Å². The van der Waals surface area contributed by atoms with Crippen LogP contribution in [0.25, 0.3) is 0 Å². The number of rotatable bonds is 8. The van der Waals surface area contributed by atoms with Gasteiger partial charge in [-0.2, -0.15) is 0 Å². The van der Waals surface area contributed by atoms with Gasteiger partial charge in [-0.1, -0.05) is 35.9 Å². The molecule has 0 fully saturated rings. The zero-order chi connectivity index (χ0) is 14.9. The van der Waals surface area contributed by atoms with Crippen LogP contribution < -0.4 is 0 Å². The van der Waals surface area contributed by atoms with Crippen molar-refractivity contribution in [3.05, 3.63) is 47.5 Å². The van der Waals surface area contributed by atoms with E-state index in [9.17, 15) is 9.90 Å². The highest BCUT2D eigenvalue weighted by atomic mass is 16.5. The summed E-state index contributed by atoms with van der Waals surface area (Å²) in [6.07, 6.45) is 4.71. The lowest BCUT2D eigenvalue weighted by atomic mass is 10.0. The molecule has 1 atom stereocenters. The van der Waals surface area contributed by atoms with Crippen molar-refractivity contribution in [1.29, 1.82) is 0 Å². The van der Waals surface area contributed by atoms with Crippen molar-refractivity contribution in [2.75, 3.05) is 19.8 Å². The van der Waals surface area contributed by atoms with E-state index in [1.165, 1.54) is 0 Å². The van der Waals surface area contributed by atoms with E-state index in [-0.39, 0.29) is 5.97 Å². The molecule has 0 saturated carbocycles. The maximum absolute atomic E-state index is 11.1. The molecule has 1 aromatic carbocycles. The minimum Gasteiger partial charge on any atom is -0.462 e. The Morgan fingerprint density at radius 2 is 2.05 bits per heavy atom. The smallest absolute Gasteiger partial charge is 0.330 e. The highest BCUT2D eigenvalue weighted by Gasteiger charge is 2.10. The maximum atomic E-state index is 11.1.